The summed E-state index contributed by atoms with van der Waals surface area (Å²) in [5, 5.41) is 6.11. The van der Waals surface area contributed by atoms with E-state index in [9.17, 15) is 0 Å². The summed E-state index contributed by atoms with van der Waals surface area (Å²) in [6.45, 7) is 0. The van der Waals surface area contributed by atoms with Crippen LogP contribution in [0.4, 0.5) is 5.82 Å². The van der Waals surface area contributed by atoms with Crippen LogP contribution in [0.5, 0.6) is 5.75 Å². The van der Waals surface area contributed by atoms with Gasteiger partial charge >= 0.3 is 0 Å². The molecule has 0 atom stereocenters. The number of thiophene rings is 1. The number of hydrogen-bond donors (Lipinski definition) is 1. The third-order valence-electron chi connectivity index (χ3n) is 2.97. The number of ether oxygens (including phenoxy) is 1. The average Bonchev–Trinajstić information content (AvgIpc) is 2.92. The predicted molar refractivity (Wildman–Crippen MR) is 86.6 cm³/mol. The number of benzene rings is 1. The Kier molecular flexibility index (Phi) is 3.58. The molecule has 4 nitrogen and oxygen atoms in total. The molecule has 0 aliphatic carbocycles. The summed E-state index contributed by atoms with van der Waals surface area (Å²) in [4.78, 5) is 9.21. The second-order valence-electron chi connectivity index (χ2n) is 4.17. The van der Waals surface area contributed by atoms with Crippen molar-refractivity contribution in [2.75, 3.05) is 19.5 Å². The van der Waals surface area contributed by atoms with Crippen LogP contribution in [0.1, 0.15) is 0 Å². The first-order chi connectivity index (χ1) is 9.71. The van der Waals surface area contributed by atoms with Crippen molar-refractivity contribution in [2.45, 2.75) is 0 Å². The number of halogens is 1. The molecule has 6 heteroatoms. The molecule has 3 aromatic rings. The standard InChI is InChI=1S/C14H12BrN3OS/c1-16-14-10-6-9(19-2)3-4-11(10)17-13(18-14)8-5-12(15)20-7-8/h3-7H,1-2H3,(H,16,17,18). The highest BCUT2D eigenvalue weighted by Crippen LogP contribution is 2.31. The van der Waals surface area contributed by atoms with E-state index in [1.807, 2.05) is 36.7 Å². The molecule has 1 N–H and O–H groups in total. The lowest BCUT2D eigenvalue weighted by atomic mass is 10.2. The van der Waals surface area contributed by atoms with Crippen LogP contribution in [0.15, 0.2) is 33.4 Å². The number of nitrogens with one attached hydrogen (secondary N) is 1. The maximum atomic E-state index is 5.25. The minimum atomic E-state index is 0.717. The Hall–Kier alpha value is -1.66. The molecule has 0 aliphatic rings. The van der Waals surface area contributed by atoms with Gasteiger partial charge in [-0.15, -0.1) is 11.3 Å². The monoisotopic (exact) mass is 349 g/mol. The summed E-state index contributed by atoms with van der Waals surface area (Å²) in [6.07, 6.45) is 0. The Morgan fingerprint density at radius 2 is 2.10 bits per heavy atom. The van der Waals surface area contributed by atoms with Crippen LogP contribution in [0, 0.1) is 0 Å². The molecule has 0 amide bonds. The van der Waals surface area contributed by atoms with Crippen molar-refractivity contribution >= 4 is 44.0 Å². The molecular formula is C14H12BrN3OS. The lowest BCUT2D eigenvalue weighted by Gasteiger charge is -2.08. The molecule has 3 rings (SSSR count). The zero-order valence-corrected chi connectivity index (χ0v) is 13.4. The van der Waals surface area contributed by atoms with Crippen LogP contribution in [0.3, 0.4) is 0 Å². The average molecular weight is 350 g/mol. The van der Waals surface area contributed by atoms with Crippen molar-refractivity contribution in [1.82, 2.24) is 9.97 Å². The van der Waals surface area contributed by atoms with Crippen LogP contribution in [-0.2, 0) is 0 Å². The third-order valence-corrected chi connectivity index (χ3v) is 4.47. The van der Waals surface area contributed by atoms with E-state index in [0.717, 1.165) is 31.8 Å². The largest absolute Gasteiger partial charge is 0.497 e. The Balaban J connectivity index is 2.22. The van der Waals surface area contributed by atoms with Gasteiger partial charge in [-0.05, 0) is 40.2 Å². The highest BCUT2D eigenvalue weighted by molar-refractivity contribution is 9.11. The summed E-state index contributed by atoms with van der Waals surface area (Å²) in [6, 6.07) is 7.81. The molecule has 0 spiro atoms. The highest BCUT2D eigenvalue weighted by atomic mass is 79.9. The lowest BCUT2D eigenvalue weighted by Crippen LogP contribution is -1.98. The minimum Gasteiger partial charge on any atom is -0.497 e. The molecule has 2 aromatic heterocycles. The number of nitrogens with zero attached hydrogens (tertiary/aromatic N) is 2. The summed E-state index contributed by atoms with van der Waals surface area (Å²) >= 11 is 5.08. The minimum absolute atomic E-state index is 0.717. The van der Waals surface area contributed by atoms with E-state index in [1.165, 1.54) is 0 Å². The Morgan fingerprint density at radius 1 is 1.25 bits per heavy atom. The number of aromatic nitrogens is 2. The fourth-order valence-corrected chi connectivity index (χ4v) is 3.12. The number of hydrogen-bond acceptors (Lipinski definition) is 5. The topological polar surface area (TPSA) is 47.0 Å². The van der Waals surface area contributed by atoms with Gasteiger partial charge in [-0.1, -0.05) is 0 Å². The van der Waals surface area contributed by atoms with E-state index < -0.39 is 0 Å². The predicted octanol–water partition coefficient (Wildman–Crippen LogP) is 4.17. The van der Waals surface area contributed by atoms with E-state index in [0.29, 0.717) is 5.82 Å². The van der Waals surface area contributed by atoms with Gasteiger partial charge in [0.05, 0.1) is 16.4 Å². The Labute approximate surface area is 129 Å². The molecule has 0 radical (unpaired) electrons. The van der Waals surface area contributed by atoms with Gasteiger partial charge in [0.2, 0.25) is 0 Å². The second kappa shape index (κ2) is 5.38. The number of methoxy groups -OCH3 is 1. The van der Waals surface area contributed by atoms with Gasteiger partial charge < -0.3 is 10.1 Å². The normalized spacial score (nSPS) is 10.8. The van der Waals surface area contributed by atoms with E-state index in [1.54, 1.807) is 18.4 Å². The maximum Gasteiger partial charge on any atom is 0.163 e. The fourth-order valence-electron chi connectivity index (χ4n) is 1.98. The van der Waals surface area contributed by atoms with Crippen molar-refractivity contribution in [3.05, 3.63) is 33.4 Å². The van der Waals surface area contributed by atoms with Crippen LogP contribution in [0.2, 0.25) is 0 Å². The van der Waals surface area contributed by atoms with Crippen LogP contribution < -0.4 is 10.1 Å². The molecule has 0 bridgehead atoms. The summed E-state index contributed by atoms with van der Waals surface area (Å²) in [5.74, 6) is 2.31. The first-order valence-electron chi connectivity index (χ1n) is 5.99. The summed E-state index contributed by atoms with van der Waals surface area (Å²) in [5.41, 5.74) is 1.90. The summed E-state index contributed by atoms with van der Waals surface area (Å²) < 4.78 is 6.32. The van der Waals surface area contributed by atoms with Crippen LogP contribution >= 0.6 is 27.3 Å². The zero-order valence-electron chi connectivity index (χ0n) is 11.0. The summed E-state index contributed by atoms with van der Waals surface area (Å²) in [7, 11) is 3.51. The molecule has 0 saturated heterocycles. The quantitative estimate of drug-likeness (QED) is 0.770. The van der Waals surface area contributed by atoms with Gasteiger partial charge in [0.25, 0.3) is 0 Å². The highest BCUT2D eigenvalue weighted by Gasteiger charge is 2.10. The molecule has 20 heavy (non-hydrogen) atoms. The van der Waals surface area contributed by atoms with E-state index >= 15 is 0 Å². The zero-order chi connectivity index (χ0) is 14.1. The third kappa shape index (κ3) is 2.36. The van der Waals surface area contributed by atoms with Crippen LogP contribution in [0.25, 0.3) is 22.3 Å². The second-order valence-corrected chi connectivity index (χ2v) is 6.46. The smallest absolute Gasteiger partial charge is 0.163 e. The van der Waals surface area contributed by atoms with Crippen molar-refractivity contribution < 1.29 is 4.74 Å². The van der Waals surface area contributed by atoms with E-state index in [2.05, 4.69) is 31.2 Å². The molecule has 0 saturated carbocycles. The SMILES string of the molecule is CNc1nc(-c2csc(Br)c2)nc2ccc(OC)cc12. The molecule has 0 aliphatic heterocycles. The molecular weight excluding hydrogens is 338 g/mol. The van der Waals surface area contributed by atoms with Gasteiger partial charge in [-0.2, -0.15) is 0 Å². The van der Waals surface area contributed by atoms with Gasteiger partial charge in [-0.3, -0.25) is 0 Å². The van der Waals surface area contributed by atoms with Gasteiger partial charge in [0.1, 0.15) is 11.6 Å². The fraction of sp³-hybridized carbons (Fsp3) is 0.143. The van der Waals surface area contributed by atoms with Gasteiger partial charge in [0.15, 0.2) is 5.82 Å². The Morgan fingerprint density at radius 3 is 2.75 bits per heavy atom. The Bertz CT molecular complexity index is 772. The molecule has 0 unspecified atom stereocenters. The van der Waals surface area contributed by atoms with Crippen molar-refractivity contribution in [3.63, 3.8) is 0 Å². The van der Waals surface area contributed by atoms with Crippen molar-refractivity contribution in [1.29, 1.82) is 0 Å². The number of anilines is 1. The lowest BCUT2D eigenvalue weighted by molar-refractivity contribution is 0.415. The van der Waals surface area contributed by atoms with E-state index in [4.69, 9.17) is 4.74 Å². The maximum absolute atomic E-state index is 5.25. The van der Waals surface area contributed by atoms with Gasteiger partial charge in [-0.25, -0.2) is 9.97 Å². The number of rotatable bonds is 3. The first-order valence-corrected chi connectivity index (χ1v) is 7.66. The molecule has 102 valence electrons. The molecule has 2 heterocycles. The van der Waals surface area contributed by atoms with Crippen molar-refractivity contribution in [3.8, 4) is 17.1 Å². The van der Waals surface area contributed by atoms with E-state index in [-0.39, 0.29) is 0 Å². The van der Waals surface area contributed by atoms with Crippen LogP contribution in [-0.4, -0.2) is 24.1 Å². The first kappa shape index (κ1) is 13.3. The van der Waals surface area contributed by atoms with Crippen molar-refractivity contribution in [2.24, 2.45) is 0 Å². The molecule has 1 aromatic carbocycles. The number of fused-ring (bicyclic) bond motifs is 1. The van der Waals surface area contributed by atoms with Gasteiger partial charge in [0, 0.05) is 23.4 Å². The molecule has 0 fully saturated rings.